The molecule has 1 aromatic rings. The van der Waals surface area contributed by atoms with Gasteiger partial charge in [0.1, 0.15) is 5.82 Å². The van der Waals surface area contributed by atoms with E-state index in [9.17, 15) is 9.18 Å². The number of carboxylic acid groups (broad SMARTS) is 1. The molecule has 0 aliphatic heterocycles. The molecule has 1 aliphatic carbocycles. The van der Waals surface area contributed by atoms with Crippen LogP contribution in [0.1, 0.15) is 41.6 Å². The SMILES string of the molecule is O=C(O)c1cc(COC2CCCC2)ccc1F. The van der Waals surface area contributed by atoms with Gasteiger partial charge in [-0.25, -0.2) is 9.18 Å². The average Bonchev–Trinajstić information content (AvgIpc) is 2.80. The maximum absolute atomic E-state index is 13.1. The smallest absolute Gasteiger partial charge is 0.338 e. The molecule has 1 fully saturated rings. The van der Waals surface area contributed by atoms with E-state index in [1.165, 1.54) is 25.0 Å². The van der Waals surface area contributed by atoms with Crippen molar-refractivity contribution in [1.82, 2.24) is 0 Å². The molecule has 0 aromatic heterocycles. The van der Waals surface area contributed by atoms with Gasteiger partial charge in [0.25, 0.3) is 0 Å². The molecule has 2 rings (SSSR count). The van der Waals surface area contributed by atoms with E-state index in [0.717, 1.165) is 12.8 Å². The van der Waals surface area contributed by atoms with E-state index in [2.05, 4.69) is 0 Å². The second-order valence-corrected chi connectivity index (χ2v) is 4.34. The molecule has 17 heavy (non-hydrogen) atoms. The number of ether oxygens (including phenoxy) is 1. The average molecular weight is 238 g/mol. The molecule has 92 valence electrons. The van der Waals surface area contributed by atoms with Gasteiger partial charge in [0.05, 0.1) is 18.3 Å². The molecule has 0 atom stereocenters. The first-order valence-electron chi connectivity index (χ1n) is 5.80. The van der Waals surface area contributed by atoms with Crippen molar-refractivity contribution >= 4 is 5.97 Å². The minimum Gasteiger partial charge on any atom is -0.478 e. The number of benzene rings is 1. The fraction of sp³-hybridized carbons (Fsp3) is 0.462. The Bertz CT molecular complexity index is 411. The van der Waals surface area contributed by atoms with E-state index in [-0.39, 0.29) is 11.7 Å². The number of carboxylic acids is 1. The van der Waals surface area contributed by atoms with Crippen LogP contribution in [0.15, 0.2) is 18.2 Å². The molecule has 0 saturated heterocycles. The number of aromatic carboxylic acids is 1. The maximum Gasteiger partial charge on any atom is 0.338 e. The first-order chi connectivity index (χ1) is 8.16. The molecule has 4 heteroatoms. The van der Waals surface area contributed by atoms with Crippen molar-refractivity contribution in [1.29, 1.82) is 0 Å². The minimum absolute atomic E-state index is 0.272. The van der Waals surface area contributed by atoms with Gasteiger partial charge in [0, 0.05) is 0 Å². The van der Waals surface area contributed by atoms with Gasteiger partial charge in [-0.2, -0.15) is 0 Å². The summed E-state index contributed by atoms with van der Waals surface area (Å²) in [4.78, 5) is 10.8. The third kappa shape index (κ3) is 3.03. The van der Waals surface area contributed by atoms with Gasteiger partial charge in [0.2, 0.25) is 0 Å². The van der Waals surface area contributed by atoms with Crippen molar-refractivity contribution in [3.63, 3.8) is 0 Å². The summed E-state index contributed by atoms with van der Waals surface area (Å²) in [7, 11) is 0. The number of hydrogen-bond acceptors (Lipinski definition) is 2. The van der Waals surface area contributed by atoms with Crippen molar-refractivity contribution in [3.05, 3.63) is 35.1 Å². The van der Waals surface area contributed by atoms with Crippen molar-refractivity contribution in [2.45, 2.75) is 38.4 Å². The third-order valence-corrected chi connectivity index (χ3v) is 3.05. The number of halogens is 1. The monoisotopic (exact) mass is 238 g/mol. The standard InChI is InChI=1S/C13H15FO3/c14-12-6-5-9(7-11(12)13(15)16)8-17-10-3-1-2-4-10/h5-7,10H,1-4,8H2,(H,15,16). The molecular weight excluding hydrogens is 223 g/mol. The Balaban J connectivity index is 2.00. The van der Waals surface area contributed by atoms with Crippen LogP contribution in [0.3, 0.4) is 0 Å². The van der Waals surface area contributed by atoms with Crippen LogP contribution in [-0.4, -0.2) is 17.2 Å². The van der Waals surface area contributed by atoms with Crippen LogP contribution in [0.5, 0.6) is 0 Å². The van der Waals surface area contributed by atoms with Gasteiger partial charge < -0.3 is 9.84 Å². The maximum atomic E-state index is 13.1. The van der Waals surface area contributed by atoms with Crippen LogP contribution in [0.4, 0.5) is 4.39 Å². The van der Waals surface area contributed by atoms with Gasteiger partial charge in [-0.3, -0.25) is 0 Å². The zero-order chi connectivity index (χ0) is 12.3. The summed E-state index contributed by atoms with van der Waals surface area (Å²) in [6, 6.07) is 4.08. The molecular formula is C13H15FO3. The largest absolute Gasteiger partial charge is 0.478 e. The third-order valence-electron chi connectivity index (χ3n) is 3.05. The van der Waals surface area contributed by atoms with Crippen molar-refractivity contribution in [2.75, 3.05) is 0 Å². The molecule has 1 aliphatic rings. The molecule has 0 spiro atoms. The lowest BCUT2D eigenvalue weighted by Crippen LogP contribution is -2.08. The van der Waals surface area contributed by atoms with Crippen molar-refractivity contribution in [3.8, 4) is 0 Å². The van der Waals surface area contributed by atoms with Crippen LogP contribution >= 0.6 is 0 Å². The van der Waals surface area contributed by atoms with Crippen LogP contribution in [0.2, 0.25) is 0 Å². The summed E-state index contributed by atoms with van der Waals surface area (Å²) in [5, 5.41) is 8.79. The highest BCUT2D eigenvalue weighted by atomic mass is 19.1. The Labute approximate surface area is 99.2 Å². The fourth-order valence-electron chi connectivity index (χ4n) is 2.10. The fourth-order valence-corrected chi connectivity index (χ4v) is 2.10. The summed E-state index contributed by atoms with van der Waals surface area (Å²) in [6.45, 7) is 0.352. The van der Waals surface area contributed by atoms with E-state index in [4.69, 9.17) is 9.84 Å². The molecule has 3 nitrogen and oxygen atoms in total. The highest BCUT2D eigenvalue weighted by molar-refractivity contribution is 5.88. The summed E-state index contributed by atoms with van der Waals surface area (Å²) in [5.41, 5.74) is 0.410. The highest BCUT2D eigenvalue weighted by Crippen LogP contribution is 2.22. The topological polar surface area (TPSA) is 46.5 Å². The number of rotatable bonds is 4. The first-order valence-corrected chi connectivity index (χ1v) is 5.80. The van der Waals surface area contributed by atoms with Gasteiger partial charge in [0.15, 0.2) is 0 Å². The van der Waals surface area contributed by atoms with E-state index in [0.29, 0.717) is 12.2 Å². The summed E-state index contributed by atoms with van der Waals surface area (Å²) in [5.74, 6) is -1.95. The molecule has 0 unspecified atom stereocenters. The van der Waals surface area contributed by atoms with Crippen LogP contribution < -0.4 is 0 Å². The molecule has 0 amide bonds. The van der Waals surface area contributed by atoms with E-state index in [1.807, 2.05) is 0 Å². The minimum atomic E-state index is -1.25. The lowest BCUT2D eigenvalue weighted by molar-refractivity contribution is 0.0456. The van der Waals surface area contributed by atoms with Crippen molar-refractivity contribution < 1.29 is 19.0 Å². The van der Waals surface area contributed by atoms with Gasteiger partial charge in [-0.1, -0.05) is 18.9 Å². The van der Waals surface area contributed by atoms with Crippen LogP contribution in [0.25, 0.3) is 0 Å². The number of carbonyl (C=O) groups is 1. The van der Waals surface area contributed by atoms with E-state index < -0.39 is 11.8 Å². The molecule has 0 bridgehead atoms. The van der Waals surface area contributed by atoms with E-state index >= 15 is 0 Å². The lowest BCUT2D eigenvalue weighted by atomic mass is 10.1. The van der Waals surface area contributed by atoms with Crippen molar-refractivity contribution in [2.24, 2.45) is 0 Å². The second kappa shape index (κ2) is 5.27. The summed E-state index contributed by atoms with van der Waals surface area (Å²) in [6.07, 6.45) is 4.77. The lowest BCUT2D eigenvalue weighted by Gasteiger charge is -2.11. The quantitative estimate of drug-likeness (QED) is 0.877. The highest BCUT2D eigenvalue weighted by Gasteiger charge is 2.16. The van der Waals surface area contributed by atoms with Crippen LogP contribution in [0, 0.1) is 5.82 Å². The molecule has 1 aromatic carbocycles. The first kappa shape index (κ1) is 12.0. The predicted octanol–water partition coefficient (Wildman–Crippen LogP) is 2.98. The second-order valence-electron chi connectivity index (χ2n) is 4.34. The molecule has 0 heterocycles. The zero-order valence-corrected chi connectivity index (χ0v) is 9.49. The Morgan fingerprint density at radius 1 is 1.41 bits per heavy atom. The Kier molecular flexibility index (Phi) is 3.74. The zero-order valence-electron chi connectivity index (χ0n) is 9.49. The summed E-state index contributed by atoms with van der Waals surface area (Å²) >= 11 is 0. The van der Waals surface area contributed by atoms with Crippen LogP contribution in [-0.2, 0) is 11.3 Å². The molecule has 1 N–H and O–H groups in total. The molecule has 0 radical (unpaired) electrons. The molecule has 1 saturated carbocycles. The van der Waals surface area contributed by atoms with Gasteiger partial charge >= 0.3 is 5.97 Å². The van der Waals surface area contributed by atoms with E-state index in [1.54, 1.807) is 6.07 Å². The predicted molar refractivity (Wildman–Crippen MR) is 60.4 cm³/mol. The Hall–Kier alpha value is -1.42. The number of hydrogen-bond donors (Lipinski definition) is 1. The Morgan fingerprint density at radius 3 is 2.76 bits per heavy atom. The Morgan fingerprint density at radius 2 is 2.12 bits per heavy atom. The van der Waals surface area contributed by atoms with Gasteiger partial charge in [-0.05, 0) is 30.5 Å². The normalized spacial score (nSPS) is 16.3. The van der Waals surface area contributed by atoms with Gasteiger partial charge in [-0.15, -0.1) is 0 Å². The summed E-state index contributed by atoms with van der Waals surface area (Å²) < 4.78 is 18.8.